The minimum absolute atomic E-state index is 0.869. The molecule has 21 heavy (non-hydrogen) atoms. The van der Waals surface area contributed by atoms with Crippen LogP contribution in [0.1, 0.15) is 19.6 Å². The van der Waals surface area contributed by atoms with Crippen molar-refractivity contribution < 1.29 is 9.15 Å². The molecule has 2 nitrogen and oxygen atoms in total. The maximum Gasteiger partial charge on any atom is 0.134 e. The summed E-state index contributed by atoms with van der Waals surface area (Å²) >= 11 is 0. The van der Waals surface area contributed by atoms with Crippen molar-refractivity contribution in [3.05, 3.63) is 59.9 Å². The Kier molecular flexibility index (Phi) is 3.53. The van der Waals surface area contributed by atoms with E-state index < -0.39 is 0 Å². The van der Waals surface area contributed by atoms with Gasteiger partial charge in [0.2, 0.25) is 0 Å². The Morgan fingerprint density at radius 1 is 0.952 bits per heavy atom. The van der Waals surface area contributed by atoms with Gasteiger partial charge in [0.05, 0.1) is 7.11 Å². The first-order valence-electron chi connectivity index (χ1n) is 6.98. The van der Waals surface area contributed by atoms with Gasteiger partial charge in [0.1, 0.15) is 17.1 Å². The number of furan rings is 1. The summed E-state index contributed by atoms with van der Waals surface area (Å²) in [5, 5.41) is 1.12. The number of hydrogen-bond donors (Lipinski definition) is 0. The zero-order chi connectivity index (χ0) is 14.8. The lowest BCUT2D eigenvalue weighted by atomic mass is 10.0. The second kappa shape index (κ2) is 5.49. The molecule has 0 fully saturated rings. The van der Waals surface area contributed by atoms with Crippen LogP contribution >= 0.6 is 0 Å². The number of methoxy groups -OCH3 is 1. The Balaban J connectivity index is 2.01. The monoisotopic (exact) mass is 278 g/mol. The largest absolute Gasteiger partial charge is 0.497 e. The van der Waals surface area contributed by atoms with Crippen molar-refractivity contribution >= 4 is 17.0 Å². The average Bonchev–Trinajstić information content (AvgIpc) is 2.87. The summed E-state index contributed by atoms with van der Waals surface area (Å²) in [6.45, 7) is 4.13. The van der Waals surface area contributed by atoms with E-state index in [4.69, 9.17) is 9.15 Å². The van der Waals surface area contributed by atoms with Crippen molar-refractivity contribution in [1.82, 2.24) is 0 Å². The third kappa shape index (κ3) is 2.84. The number of allylic oxidation sites excluding steroid dienone is 1. The molecule has 1 aromatic heterocycles. The molecule has 0 aliphatic heterocycles. The van der Waals surface area contributed by atoms with Crippen LogP contribution in [0.4, 0.5) is 0 Å². The van der Waals surface area contributed by atoms with Crippen LogP contribution in [-0.2, 0) is 0 Å². The number of hydrogen-bond acceptors (Lipinski definition) is 2. The summed E-state index contributed by atoms with van der Waals surface area (Å²) in [5.74, 6) is 1.77. The summed E-state index contributed by atoms with van der Waals surface area (Å²) in [6, 6.07) is 16.4. The molecule has 0 amide bonds. The molecule has 0 aliphatic carbocycles. The normalized spacial score (nSPS) is 10.6. The smallest absolute Gasteiger partial charge is 0.134 e. The fraction of sp³-hybridized carbons (Fsp3) is 0.158. The van der Waals surface area contributed by atoms with Crippen molar-refractivity contribution in [2.24, 2.45) is 0 Å². The number of rotatable bonds is 3. The van der Waals surface area contributed by atoms with E-state index in [1.165, 1.54) is 16.7 Å². The van der Waals surface area contributed by atoms with Gasteiger partial charge in [-0.1, -0.05) is 23.8 Å². The fourth-order valence-corrected chi connectivity index (χ4v) is 2.38. The van der Waals surface area contributed by atoms with Gasteiger partial charge in [0.25, 0.3) is 0 Å². The highest BCUT2D eigenvalue weighted by molar-refractivity contribution is 5.85. The molecule has 2 aromatic carbocycles. The third-order valence-electron chi connectivity index (χ3n) is 3.39. The van der Waals surface area contributed by atoms with Crippen LogP contribution in [0, 0.1) is 0 Å². The van der Waals surface area contributed by atoms with Crippen LogP contribution in [0.2, 0.25) is 0 Å². The quantitative estimate of drug-likeness (QED) is 0.628. The predicted octanol–water partition coefficient (Wildman–Crippen LogP) is 5.53. The molecule has 0 N–H and O–H groups in total. The highest BCUT2D eigenvalue weighted by Crippen LogP contribution is 2.28. The first kappa shape index (κ1) is 13.5. The van der Waals surface area contributed by atoms with Gasteiger partial charge in [-0.05, 0) is 61.4 Å². The van der Waals surface area contributed by atoms with Crippen molar-refractivity contribution in [1.29, 1.82) is 0 Å². The maximum atomic E-state index is 5.81. The predicted molar refractivity (Wildman–Crippen MR) is 87.5 cm³/mol. The van der Waals surface area contributed by atoms with Crippen LogP contribution in [0.3, 0.4) is 0 Å². The summed E-state index contributed by atoms with van der Waals surface area (Å²) in [4.78, 5) is 0. The Labute approximate surface area is 124 Å². The molecule has 0 bridgehead atoms. The van der Waals surface area contributed by atoms with E-state index in [-0.39, 0.29) is 0 Å². The Morgan fingerprint density at radius 2 is 1.67 bits per heavy atom. The van der Waals surface area contributed by atoms with Crippen LogP contribution < -0.4 is 4.74 Å². The van der Waals surface area contributed by atoms with Gasteiger partial charge in [-0.3, -0.25) is 0 Å². The molecule has 3 aromatic rings. The fourth-order valence-electron chi connectivity index (χ4n) is 2.38. The minimum atomic E-state index is 0.869. The molecule has 106 valence electrons. The van der Waals surface area contributed by atoms with Crippen molar-refractivity contribution in [3.8, 4) is 16.9 Å². The molecule has 0 saturated heterocycles. The van der Waals surface area contributed by atoms with Gasteiger partial charge < -0.3 is 9.15 Å². The zero-order valence-corrected chi connectivity index (χ0v) is 12.5. The van der Waals surface area contributed by atoms with E-state index in [1.54, 1.807) is 7.11 Å². The lowest BCUT2D eigenvalue weighted by Gasteiger charge is -2.03. The van der Waals surface area contributed by atoms with Gasteiger partial charge in [-0.2, -0.15) is 0 Å². The van der Waals surface area contributed by atoms with Gasteiger partial charge in [0, 0.05) is 5.39 Å². The van der Waals surface area contributed by atoms with E-state index in [9.17, 15) is 0 Å². The van der Waals surface area contributed by atoms with Gasteiger partial charge in [0.15, 0.2) is 0 Å². The summed E-state index contributed by atoms with van der Waals surface area (Å²) in [7, 11) is 1.68. The zero-order valence-electron chi connectivity index (χ0n) is 12.5. The van der Waals surface area contributed by atoms with Crippen LogP contribution in [0.25, 0.3) is 28.2 Å². The molecule has 1 heterocycles. The number of fused-ring (bicyclic) bond motifs is 1. The van der Waals surface area contributed by atoms with E-state index in [2.05, 4.69) is 44.2 Å². The first-order valence-corrected chi connectivity index (χ1v) is 6.98. The molecular formula is C19H18O2. The maximum absolute atomic E-state index is 5.81. The Bertz CT molecular complexity index is 788. The second-order valence-electron chi connectivity index (χ2n) is 5.35. The summed E-state index contributed by atoms with van der Waals surface area (Å²) in [5.41, 5.74) is 4.49. The van der Waals surface area contributed by atoms with E-state index in [1.807, 2.05) is 24.3 Å². The lowest BCUT2D eigenvalue weighted by molar-refractivity contribution is 0.415. The standard InChI is InChI=1S/C19H18O2/c1-13(2)10-18-12-16-11-15(6-9-19(16)21-18)14-4-7-17(20-3)8-5-14/h4-12H,1-3H3. The minimum Gasteiger partial charge on any atom is -0.497 e. The van der Waals surface area contributed by atoms with E-state index in [0.717, 1.165) is 22.5 Å². The van der Waals surface area contributed by atoms with Gasteiger partial charge in [-0.25, -0.2) is 0 Å². The van der Waals surface area contributed by atoms with Gasteiger partial charge in [-0.15, -0.1) is 0 Å². The number of benzene rings is 2. The highest BCUT2D eigenvalue weighted by Gasteiger charge is 2.05. The molecule has 0 spiro atoms. The lowest BCUT2D eigenvalue weighted by Crippen LogP contribution is -1.82. The molecule has 3 rings (SSSR count). The third-order valence-corrected chi connectivity index (χ3v) is 3.39. The van der Waals surface area contributed by atoms with E-state index >= 15 is 0 Å². The van der Waals surface area contributed by atoms with E-state index in [0.29, 0.717) is 0 Å². The molecule has 0 radical (unpaired) electrons. The molecule has 2 heteroatoms. The molecule has 0 atom stereocenters. The van der Waals surface area contributed by atoms with Crippen molar-refractivity contribution in [2.75, 3.05) is 7.11 Å². The second-order valence-corrected chi connectivity index (χ2v) is 5.35. The molecule has 0 saturated carbocycles. The molecule has 0 unspecified atom stereocenters. The summed E-state index contributed by atoms with van der Waals surface area (Å²) in [6.07, 6.45) is 2.05. The SMILES string of the molecule is COc1ccc(-c2ccc3oc(C=C(C)C)cc3c2)cc1. The Morgan fingerprint density at radius 3 is 2.33 bits per heavy atom. The van der Waals surface area contributed by atoms with Crippen molar-refractivity contribution in [3.63, 3.8) is 0 Å². The molecular weight excluding hydrogens is 260 g/mol. The van der Waals surface area contributed by atoms with Gasteiger partial charge >= 0.3 is 0 Å². The number of ether oxygens (including phenoxy) is 1. The topological polar surface area (TPSA) is 22.4 Å². The summed E-state index contributed by atoms with van der Waals surface area (Å²) < 4.78 is 11.0. The molecule has 0 aliphatic rings. The first-order chi connectivity index (χ1) is 10.2. The van der Waals surface area contributed by atoms with Crippen LogP contribution in [-0.4, -0.2) is 7.11 Å². The average molecular weight is 278 g/mol. The Hall–Kier alpha value is -2.48. The van der Waals surface area contributed by atoms with Crippen LogP contribution in [0.15, 0.2) is 58.5 Å². The van der Waals surface area contributed by atoms with Crippen molar-refractivity contribution in [2.45, 2.75) is 13.8 Å². The highest BCUT2D eigenvalue weighted by atomic mass is 16.5. The van der Waals surface area contributed by atoms with Crippen LogP contribution in [0.5, 0.6) is 5.75 Å².